The van der Waals surface area contributed by atoms with Crippen molar-refractivity contribution in [1.29, 1.82) is 5.26 Å². The third kappa shape index (κ3) is 6.80. The van der Waals surface area contributed by atoms with Crippen LogP contribution in [0, 0.1) is 16.7 Å². The maximum absolute atomic E-state index is 12.6. The molecular weight excluding hydrogens is 383 g/mol. The van der Waals surface area contributed by atoms with Crippen LogP contribution in [0.15, 0.2) is 60.7 Å². The summed E-state index contributed by atoms with van der Waals surface area (Å²) in [4.78, 5) is 2.25. The van der Waals surface area contributed by atoms with Gasteiger partial charge < -0.3 is 9.05 Å². The lowest BCUT2D eigenvalue weighted by Gasteiger charge is -2.40. The van der Waals surface area contributed by atoms with E-state index in [4.69, 9.17) is 9.05 Å². The van der Waals surface area contributed by atoms with Gasteiger partial charge in [-0.2, -0.15) is 5.26 Å². The number of hydrogen-bond donors (Lipinski definition) is 0. The molecule has 0 aliphatic carbocycles. The monoisotopic (exact) mass is 414 g/mol. The first-order valence-electron chi connectivity index (χ1n) is 9.73. The van der Waals surface area contributed by atoms with Crippen molar-refractivity contribution in [2.45, 2.75) is 46.0 Å². The molecule has 0 radical (unpaired) electrons. The molecule has 5 nitrogen and oxygen atoms in total. The second-order valence-electron chi connectivity index (χ2n) is 7.93. The third-order valence-corrected chi connectivity index (χ3v) is 6.38. The molecule has 29 heavy (non-hydrogen) atoms. The zero-order valence-electron chi connectivity index (χ0n) is 17.9. The zero-order valence-corrected chi connectivity index (χ0v) is 18.8. The molecule has 2 rings (SSSR count). The number of nitrogens with zero attached hydrogens (tertiary/aromatic N) is 2. The molecule has 6 heteroatoms. The van der Waals surface area contributed by atoms with Crippen LogP contribution in [-0.2, 0) is 26.7 Å². The van der Waals surface area contributed by atoms with Gasteiger partial charge in [-0.1, -0.05) is 60.7 Å². The molecule has 0 fully saturated rings. The van der Waals surface area contributed by atoms with Gasteiger partial charge in [-0.05, 0) is 31.9 Å². The zero-order chi connectivity index (χ0) is 21.5. The third-order valence-electron chi connectivity index (χ3n) is 5.11. The maximum atomic E-state index is 12.6. The molecule has 2 aromatic rings. The minimum absolute atomic E-state index is 0.187. The average molecular weight is 414 g/mol. The van der Waals surface area contributed by atoms with Gasteiger partial charge in [0, 0.05) is 32.9 Å². The van der Waals surface area contributed by atoms with Crippen LogP contribution in [-0.4, -0.2) is 30.8 Å². The van der Waals surface area contributed by atoms with Gasteiger partial charge in [-0.15, -0.1) is 0 Å². The van der Waals surface area contributed by atoms with E-state index >= 15 is 0 Å². The highest BCUT2D eigenvalue weighted by Crippen LogP contribution is 2.48. The first-order valence-corrected chi connectivity index (χ1v) is 11.7. The molecule has 0 saturated carbocycles. The van der Waals surface area contributed by atoms with Crippen LogP contribution in [0.25, 0.3) is 0 Å². The van der Waals surface area contributed by atoms with Crippen molar-refractivity contribution < 1.29 is 13.6 Å². The minimum Gasteiger partial charge on any atom is -0.312 e. The predicted molar refractivity (Wildman–Crippen MR) is 116 cm³/mol. The van der Waals surface area contributed by atoms with Crippen molar-refractivity contribution in [2.24, 2.45) is 5.41 Å². The molecule has 3 atom stereocenters. The van der Waals surface area contributed by atoms with Crippen LogP contribution in [0.1, 0.15) is 31.9 Å². The Hall–Kier alpha value is -1.96. The molecule has 0 heterocycles. The molecule has 0 aromatic heterocycles. The van der Waals surface area contributed by atoms with Gasteiger partial charge in [-0.3, -0.25) is 9.46 Å². The van der Waals surface area contributed by atoms with E-state index in [1.165, 1.54) is 13.8 Å². The van der Waals surface area contributed by atoms with Gasteiger partial charge >= 0.3 is 7.60 Å². The Kier molecular flexibility index (Phi) is 8.19. The highest BCUT2D eigenvalue weighted by atomic mass is 31.2. The van der Waals surface area contributed by atoms with E-state index < -0.39 is 19.1 Å². The van der Waals surface area contributed by atoms with E-state index in [0.29, 0.717) is 13.1 Å². The van der Waals surface area contributed by atoms with Gasteiger partial charge in [0.15, 0.2) is 0 Å². The molecule has 0 aliphatic rings. The topological polar surface area (TPSA) is 62.6 Å². The van der Waals surface area contributed by atoms with E-state index in [-0.39, 0.29) is 6.04 Å². The fourth-order valence-corrected chi connectivity index (χ4v) is 4.25. The number of nitriles is 1. The van der Waals surface area contributed by atoms with Crippen molar-refractivity contribution in [3.05, 3.63) is 71.8 Å². The standard InChI is InChI=1S/C23H31N2O3P/c1-19(22(23(2,3)18-24)28-29(5,26)27-4)25(16-20-12-8-6-9-13-20)17-21-14-10-7-11-15-21/h6-15,19,22H,16-17H2,1-5H3/t19-,22+,29?/m0/s1. The normalized spacial score (nSPS) is 16.0. The summed E-state index contributed by atoms with van der Waals surface area (Å²) in [6.07, 6.45) is -0.601. The quantitative estimate of drug-likeness (QED) is 0.482. The SMILES string of the molecule is COP(C)(=O)O[C@H]([C@H](C)N(Cc1ccccc1)Cc1ccccc1)C(C)(C)C#N. The Balaban J connectivity index is 2.38. The summed E-state index contributed by atoms with van der Waals surface area (Å²) >= 11 is 0. The van der Waals surface area contributed by atoms with Gasteiger partial charge in [0.1, 0.15) is 6.10 Å². The average Bonchev–Trinajstić information content (AvgIpc) is 2.72. The maximum Gasteiger partial charge on any atom is 0.327 e. The Morgan fingerprint density at radius 1 is 1.03 bits per heavy atom. The Labute approximate surface area is 174 Å². The highest BCUT2D eigenvalue weighted by Gasteiger charge is 2.41. The van der Waals surface area contributed by atoms with Crippen molar-refractivity contribution in [2.75, 3.05) is 13.8 Å². The van der Waals surface area contributed by atoms with Crippen LogP contribution >= 0.6 is 7.60 Å². The van der Waals surface area contributed by atoms with Crippen molar-refractivity contribution in [1.82, 2.24) is 4.90 Å². The van der Waals surface area contributed by atoms with Gasteiger partial charge in [0.25, 0.3) is 0 Å². The lowest BCUT2D eigenvalue weighted by Crippen LogP contribution is -2.48. The van der Waals surface area contributed by atoms with E-state index in [9.17, 15) is 9.83 Å². The van der Waals surface area contributed by atoms with Gasteiger partial charge in [-0.25, -0.2) is 0 Å². The summed E-state index contributed by atoms with van der Waals surface area (Å²) in [5, 5.41) is 9.77. The van der Waals surface area contributed by atoms with Gasteiger partial charge in [0.2, 0.25) is 0 Å². The fraction of sp³-hybridized carbons (Fsp3) is 0.435. The summed E-state index contributed by atoms with van der Waals surface area (Å²) < 4.78 is 23.6. The summed E-state index contributed by atoms with van der Waals surface area (Å²) in [7, 11) is -1.91. The smallest absolute Gasteiger partial charge is 0.312 e. The second kappa shape index (κ2) is 10.2. The van der Waals surface area contributed by atoms with Crippen molar-refractivity contribution in [3.8, 4) is 6.07 Å². The van der Waals surface area contributed by atoms with Gasteiger partial charge in [0.05, 0.1) is 11.5 Å². The van der Waals surface area contributed by atoms with Crippen LogP contribution < -0.4 is 0 Å². The highest BCUT2D eigenvalue weighted by molar-refractivity contribution is 7.52. The molecule has 0 N–H and O–H groups in total. The van der Waals surface area contributed by atoms with E-state index in [1.807, 2.05) is 57.2 Å². The second-order valence-corrected chi connectivity index (χ2v) is 10.0. The van der Waals surface area contributed by atoms with Crippen LogP contribution in [0.5, 0.6) is 0 Å². The number of hydrogen-bond acceptors (Lipinski definition) is 5. The summed E-state index contributed by atoms with van der Waals surface area (Å²) in [5.41, 5.74) is 1.47. The molecule has 0 saturated heterocycles. The summed E-state index contributed by atoms with van der Waals surface area (Å²) in [6.45, 7) is 8.45. The van der Waals surface area contributed by atoms with E-state index in [2.05, 4.69) is 35.2 Å². The van der Waals surface area contributed by atoms with Crippen molar-refractivity contribution >= 4 is 7.60 Å². The first kappa shape index (κ1) is 23.3. The predicted octanol–water partition coefficient (Wildman–Crippen LogP) is 5.48. The minimum atomic E-state index is -3.28. The van der Waals surface area contributed by atoms with Crippen LogP contribution in [0.2, 0.25) is 0 Å². The Morgan fingerprint density at radius 3 is 1.86 bits per heavy atom. The number of benzene rings is 2. The molecule has 156 valence electrons. The molecule has 2 aromatic carbocycles. The van der Waals surface area contributed by atoms with E-state index in [0.717, 1.165) is 11.1 Å². The molecule has 1 unspecified atom stereocenters. The Bertz CT molecular complexity index is 808. The summed E-state index contributed by atoms with van der Waals surface area (Å²) in [6, 6.07) is 22.5. The van der Waals surface area contributed by atoms with Crippen LogP contribution in [0.4, 0.5) is 0 Å². The molecule has 0 bridgehead atoms. The largest absolute Gasteiger partial charge is 0.327 e. The molecule has 0 aliphatic heterocycles. The summed E-state index contributed by atoms with van der Waals surface area (Å²) in [5.74, 6) is 0. The lowest BCUT2D eigenvalue weighted by atomic mass is 9.84. The first-order chi connectivity index (χ1) is 13.7. The molecule has 0 amide bonds. The molecule has 0 spiro atoms. The molecular formula is C23H31N2O3P. The number of rotatable bonds is 10. The van der Waals surface area contributed by atoms with Crippen LogP contribution in [0.3, 0.4) is 0 Å². The van der Waals surface area contributed by atoms with E-state index in [1.54, 1.807) is 0 Å². The Morgan fingerprint density at radius 2 is 1.48 bits per heavy atom. The fourth-order valence-electron chi connectivity index (χ4n) is 3.31. The van der Waals surface area contributed by atoms with Crippen molar-refractivity contribution in [3.63, 3.8) is 0 Å². The lowest BCUT2D eigenvalue weighted by molar-refractivity contribution is 0.00625.